The molecule has 0 spiro atoms. The highest BCUT2D eigenvalue weighted by molar-refractivity contribution is 6.02. The van der Waals surface area contributed by atoms with Crippen LogP contribution in [-0.4, -0.2) is 45.1 Å². The van der Waals surface area contributed by atoms with Crippen LogP contribution < -0.4 is 0 Å². The molecule has 0 aliphatic heterocycles. The molecule has 0 aliphatic rings. The van der Waals surface area contributed by atoms with Crippen LogP contribution in [0.3, 0.4) is 0 Å². The topological polar surface area (TPSA) is 86.0 Å². The van der Waals surface area contributed by atoms with Gasteiger partial charge in [-0.2, -0.15) is 0 Å². The van der Waals surface area contributed by atoms with Gasteiger partial charge in [0.1, 0.15) is 5.71 Å². The molecular formula is C11H13N3O3. The van der Waals surface area contributed by atoms with E-state index < -0.39 is 6.09 Å². The van der Waals surface area contributed by atoms with E-state index in [0.717, 1.165) is 4.90 Å². The summed E-state index contributed by atoms with van der Waals surface area (Å²) < 4.78 is 0. The van der Waals surface area contributed by atoms with E-state index in [1.165, 1.54) is 12.3 Å². The number of rotatable bonds is 5. The molecule has 0 fully saturated rings. The molecule has 0 saturated carbocycles. The molecule has 0 bridgehead atoms. The highest BCUT2D eigenvalue weighted by atomic mass is 16.4. The molecule has 90 valence electrons. The second-order valence-corrected chi connectivity index (χ2v) is 3.24. The van der Waals surface area contributed by atoms with Crippen molar-refractivity contribution in [3.8, 4) is 0 Å². The fourth-order valence-electron chi connectivity index (χ4n) is 1.26. The first-order valence-corrected chi connectivity index (χ1v) is 4.89. The van der Waals surface area contributed by atoms with Gasteiger partial charge in [0.2, 0.25) is 0 Å². The van der Waals surface area contributed by atoms with Crippen LogP contribution in [0.25, 0.3) is 0 Å². The number of hydrogen-bond acceptors (Lipinski definition) is 4. The lowest BCUT2D eigenvalue weighted by Crippen LogP contribution is -2.35. The normalized spacial score (nSPS) is 10.9. The molecule has 0 aliphatic carbocycles. The van der Waals surface area contributed by atoms with Gasteiger partial charge in [0.25, 0.3) is 0 Å². The van der Waals surface area contributed by atoms with Crippen molar-refractivity contribution < 1.29 is 15.1 Å². The summed E-state index contributed by atoms with van der Waals surface area (Å²) >= 11 is 0. The summed E-state index contributed by atoms with van der Waals surface area (Å²) in [5.74, 6) is 0. The molecule has 0 aromatic carbocycles. The Bertz CT molecular complexity index is 417. The van der Waals surface area contributed by atoms with Gasteiger partial charge in [-0.1, -0.05) is 11.2 Å². The third kappa shape index (κ3) is 3.60. The van der Waals surface area contributed by atoms with Gasteiger partial charge in [-0.25, -0.2) is 4.79 Å². The maximum absolute atomic E-state index is 10.9. The molecule has 6 heteroatoms. The fraction of sp³-hybridized carbons (Fsp3) is 0.182. The standard InChI is InChI=1S/C11H13N3O3/c1-2-6-14(11(15)16)8-10(13-17)9-4-3-5-12-7-9/h2-5,7,17H,1,6,8H2,(H,15,16). The molecule has 6 nitrogen and oxygen atoms in total. The van der Waals surface area contributed by atoms with Crippen LogP contribution in [0.5, 0.6) is 0 Å². The van der Waals surface area contributed by atoms with Gasteiger partial charge in [-0.15, -0.1) is 6.58 Å². The molecule has 0 saturated heterocycles. The summed E-state index contributed by atoms with van der Waals surface area (Å²) in [6, 6.07) is 3.37. The van der Waals surface area contributed by atoms with Crippen LogP contribution in [0.2, 0.25) is 0 Å². The summed E-state index contributed by atoms with van der Waals surface area (Å²) in [7, 11) is 0. The zero-order valence-electron chi connectivity index (χ0n) is 9.15. The van der Waals surface area contributed by atoms with Crippen LogP contribution in [0.1, 0.15) is 5.56 Å². The lowest BCUT2D eigenvalue weighted by Gasteiger charge is -2.17. The number of hydrogen-bond donors (Lipinski definition) is 2. The van der Waals surface area contributed by atoms with E-state index in [-0.39, 0.29) is 18.8 Å². The third-order valence-corrected chi connectivity index (χ3v) is 2.08. The Hall–Kier alpha value is -2.37. The van der Waals surface area contributed by atoms with E-state index in [1.54, 1.807) is 18.3 Å². The average molecular weight is 235 g/mol. The van der Waals surface area contributed by atoms with E-state index in [9.17, 15) is 4.79 Å². The van der Waals surface area contributed by atoms with Gasteiger partial charge in [0.05, 0.1) is 6.54 Å². The molecule has 1 heterocycles. The molecule has 0 atom stereocenters. The van der Waals surface area contributed by atoms with Gasteiger partial charge in [0.15, 0.2) is 0 Å². The van der Waals surface area contributed by atoms with Crippen molar-refractivity contribution in [1.82, 2.24) is 9.88 Å². The van der Waals surface area contributed by atoms with Crippen LogP contribution in [0.15, 0.2) is 42.3 Å². The van der Waals surface area contributed by atoms with Crippen LogP contribution >= 0.6 is 0 Å². The first-order chi connectivity index (χ1) is 8.19. The smallest absolute Gasteiger partial charge is 0.407 e. The second-order valence-electron chi connectivity index (χ2n) is 3.24. The van der Waals surface area contributed by atoms with Gasteiger partial charge in [0, 0.05) is 24.5 Å². The quantitative estimate of drug-likeness (QED) is 0.350. The van der Waals surface area contributed by atoms with Crippen molar-refractivity contribution in [2.75, 3.05) is 13.1 Å². The largest absolute Gasteiger partial charge is 0.465 e. The molecule has 0 unspecified atom stereocenters. The maximum atomic E-state index is 10.9. The molecule has 2 N–H and O–H groups in total. The van der Waals surface area contributed by atoms with Crippen molar-refractivity contribution in [2.24, 2.45) is 5.16 Å². The van der Waals surface area contributed by atoms with Crippen molar-refractivity contribution in [2.45, 2.75) is 0 Å². The van der Waals surface area contributed by atoms with E-state index in [0.29, 0.717) is 5.56 Å². The van der Waals surface area contributed by atoms with Crippen molar-refractivity contribution in [3.63, 3.8) is 0 Å². The maximum Gasteiger partial charge on any atom is 0.407 e. The Morgan fingerprint density at radius 3 is 2.88 bits per heavy atom. The highest BCUT2D eigenvalue weighted by Crippen LogP contribution is 2.02. The van der Waals surface area contributed by atoms with Gasteiger partial charge in [-0.05, 0) is 12.1 Å². The van der Waals surface area contributed by atoms with E-state index in [2.05, 4.69) is 16.7 Å². The summed E-state index contributed by atoms with van der Waals surface area (Å²) in [6.07, 6.45) is 3.45. The predicted molar refractivity (Wildman–Crippen MR) is 62.4 cm³/mol. The van der Waals surface area contributed by atoms with Crippen LogP contribution in [0.4, 0.5) is 4.79 Å². The summed E-state index contributed by atoms with van der Waals surface area (Å²) in [6.45, 7) is 3.61. The Morgan fingerprint density at radius 1 is 1.65 bits per heavy atom. The number of oxime groups is 1. The number of amides is 1. The second kappa shape index (κ2) is 6.26. The third-order valence-electron chi connectivity index (χ3n) is 2.08. The number of aromatic nitrogens is 1. The van der Waals surface area contributed by atoms with Crippen molar-refractivity contribution in [3.05, 3.63) is 42.7 Å². The number of pyridine rings is 1. The molecule has 0 radical (unpaired) electrons. The summed E-state index contributed by atoms with van der Waals surface area (Å²) in [5.41, 5.74) is 0.813. The minimum atomic E-state index is -1.10. The molecular weight excluding hydrogens is 222 g/mol. The Balaban J connectivity index is 2.83. The fourth-order valence-corrected chi connectivity index (χ4v) is 1.26. The van der Waals surface area contributed by atoms with Crippen molar-refractivity contribution in [1.29, 1.82) is 0 Å². The highest BCUT2D eigenvalue weighted by Gasteiger charge is 2.15. The van der Waals surface area contributed by atoms with Gasteiger partial charge < -0.3 is 10.3 Å². The zero-order valence-corrected chi connectivity index (χ0v) is 9.15. The minimum Gasteiger partial charge on any atom is -0.465 e. The molecule has 1 aromatic rings. The first kappa shape index (κ1) is 12.7. The lowest BCUT2D eigenvalue weighted by atomic mass is 10.1. The lowest BCUT2D eigenvalue weighted by molar-refractivity contribution is 0.156. The molecule has 1 rings (SSSR count). The zero-order chi connectivity index (χ0) is 12.7. The SMILES string of the molecule is C=CCN(CC(=NO)c1cccnc1)C(=O)O. The van der Waals surface area contributed by atoms with Crippen LogP contribution in [-0.2, 0) is 0 Å². The molecule has 1 amide bonds. The first-order valence-electron chi connectivity index (χ1n) is 4.89. The van der Waals surface area contributed by atoms with E-state index >= 15 is 0 Å². The number of carboxylic acid groups (broad SMARTS) is 1. The monoisotopic (exact) mass is 235 g/mol. The summed E-state index contributed by atoms with van der Waals surface area (Å²) in [4.78, 5) is 15.9. The van der Waals surface area contributed by atoms with Gasteiger partial charge in [-0.3, -0.25) is 9.88 Å². The average Bonchev–Trinajstić information content (AvgIpc) is 2.35. The predicted octanol–water partition coefficient (Wildman–Crippen LogP) is 1.43. The minimum absolute atomic E-state index is 0.0243. The Labute approximate surface area is 98.5 Å². The molecule has 17 heavy (non-hydrogen) atoms. The van der Waals surface area contributed by atoms with Crippen LogP contribution in [0, 0.1) is 0 Å². The summed E-state index contributed by atoms with van der Waals surface area (Å²) in [5, 5.41) is 20.9. The van der Waals surface area contributed by atoms with E-state index in [1.807, 2.05) is 0 Å². The number of carbonyl (C=O) groups is 1. The Kier molecular flexibility index (Phi) is 4.68. The van der Waals surface area contributed by atoms with E-state index in [4.69, 9.17) is 10.3 Å². The molecule has 1 aromatic heterocycles. The van der Waals surface area contributed by atoms with Crippen molar-refractivity contribution >= 4 is 11.8 Å². The van der Waals surface area contributed by atoms with Gasteiger partial charge >= 0.3 is 6.09 Å². The Morgan fingerprint density at radius 2 is 2.41 bits per heavy atom. The number of nitrogens with zero attached hydrogens (tertiary/aromatic N) is 3.